The number of hydrogen-bond acceptors (Lipinski definition) is 3. The molecule has 0 atom stereocenters. The molecule has 1 aromatic carbocycles. The molecule has 0 unspecified atom stereocenters. The summed E-state index contributed by atoms with van der Waals surface area (Å²) in [5, 5.41) is 0. The van der Waals surface area contributed by atoms with Gasteiger partial charge in [0.15, 0.2) is 0 Å². The fourth-order valence-corrected chi connectivity index (χ4v) is 2.34. The summed E-state index contributed by atoms with van der Waals surface area (Å²) in [7, 11) is 0. The van der Waals surface area contributed by atoms with Crippen molar-refractivity contribution in [2.24, 2.45) is 0 Å². The van der Waals surface area contributed by atoms with Crippen molar-refractivity contribution in [2.75, 3.05) is 0 Å². The van der Waals surface area contributed by atoms with Crippen molar-refractivity contribution in [1.82, 2.24) is 0 Å². The van der Waals surface area contributed by atoms with E-state index < -0.39 is 0 Å². The quantitative estimate of drug-likeness (QED) is 0.672. The van der Waals surface area contributed by atoms with Crippen LogP contribution in [0.15, 0.2) is 30.3 Å². The zero-order chi connectivity index (χ0) is 10.6. The summed E-state index contributed by atoms with van der Waals surface area (Å²) in [6, 6.07) is 9.61. The Kier molecular flexibility index (Phi) is 3.96. The van der Waals surface area contributed by atoms with Crippen LogP contribution in [0.25, 0.3) is 0 Å². The second kappa shape index (κ2) is 4.80. The van der Waals surface area contributed by atoms with Crippen LogP contribution in [0, 0.1) is 0 Å². The minimum Gasteiger partial charge on any atom is -0.440 e. The molecule has 0 saturated carbocycles. The topological polar surface area (TPSA) is 9.23 Å². The zero-order valence-corrected chi connectivity index (χ0v) is 10.2. The molecule has 3 heteroatoms. The number of benzene rings is 1. The third kappa shape index (κ3) is 4.63. The van der Waals surface area contributed by atoms with E-state index in [1.54, 1.807) is 11.8 Å². The van der Waals surface area contributed by atoms with E-state index in [4.69, 9.17) is 17.0 Å². The Morgan fingerprint density at radius 1 is 1.21 bits per heavy atom. The number of rotatable bonds is 1. The maximum atomic E-state index is 5.48. The van der Waals surface area contributed by atoms with Gasteiger partial charge in [0.25, 0.3) is 0 Å². The van der Waals surface area contributed by atoms with Gasteiger partial charge in [0.1, 0.15) is 5.75 Å². The van der Waals surface area contributed by atoms with Crippen molar-refractivity contribution in [1.29, 1.82) is 0 Å². The minimum absolute atomic E-state index is 0.103. The van der Waals surface area contributed by atoms with Crippen molar-refractivity contribution in [3.8, 4) is 5.75 Å². The molecule has 0 amide bonds. The van der Waals surface area contributed by atoms with Crippen molar-refractivity contribution < 1.29 is 4.74 Å². The number of thioether (sulfide) groups is 1. The Morgan fingerprint density at radius 2 is 1.79 bits per heavy atom. The summed E-state index contributed by atoms with van der Waals surface area (Å²) >= 11 is 6.69. The van der Waals surface area contributed by atoms with Crippen LogP contribution in [-0.4, -0.2) is 9.13 Å². The molecule has 0 N–H and O–H groups in total. The Morgan fingerprint density at radius 3 is 2.29 bits per heavy atom. The van der Waals surface area contributed by atoms with E-state index >= 15 is 0 Å². The molecular formula is C11H14OS2. The summed E-state index contributed by atoms with van der Waals surface area (Å²) in [5.41, 5.74) is 0. The first-order valence-electron chi connectivity index (χ1n) is 4.43. The van der Waals surface area contributed by atoms with E-state index in [1.807, 2.05) is 30.3 Å². The molecule has 0 aromatic heterocycles. The average Bonchev–Trinajstić information content (AvgIpc) is 2.02. The lowest BCUT2D eigenvalue weighted by molar-refractivity contribution is 0.578. The molecule has 0 aliphatic rings. The second-order valence-electron chi connectivity index (χ2n) is 3.88. The molecule has 0 aliphatic carbocycles. The number of ether oxygens (including phenoxy) is 1. The van der Waals surface area contributed by atoms with Crippen molar-refractivity contribution in [2.45, 2.75) is 25.5 Å². The van der Waals surface area contributed by atoms with Gasteiger partial charge in [-0.1, -0.05) is 50.7 Å². The first-order chi connectivity index (χ1) is 6.47. The standard InChI is InChI=1S/C11H14OS2/c1-11(2,3)14-10(13)12-9-7-5-4-6-8-9/h4-8H,1-3H3. The lowest BCUT2D eigenvalue weighted by Crippen LogP contribution is -2.14. The molecule has 1 aromatic rings. The van der Waals surface area contributed by atoms with Gasteiger partial charge >= 0.3 is 0 Å². The zero-order valence-electron chi connectivity index (χ0n) is 8.61. The minimum atomic E-state index is 0.103. The Labute approximate surface area is 94.9 Å². The van der Waals surface area contributed by atoms with E-state index in [1.165, 1.54) is 0 Å². The molecule has 0 spiro atoms. The second-order valence-corrected chi connectivity index (χ2v) is 6.31. The monoisotopic (exact) mass is 226 g/mol. The van der Waals surface area contributed by atoms with E-state index in [9.17, 15) is 0 Å². The van der Waals surface area contributed by atoms with Gasteiger partial charge in [-0.25, -0.2) is 0 Å². The summed E-state index contributed by atoms with van der Waals surface area (Å²) in [4.78, 5) is 0. The average molecular weight is 226 g/mol. The smallest absolute Gasteiger partial charge is 0.226 e. The number of hydrogen-bond donors (Lipinski definition) is 0. The van der Waals surface area contributed by atoms with E-state index in [0.717, 1.165) is 5.75 Å². The molecule has 0 radical (unpaired) electrons. The first-order valence-corrected chi connectivity index (χ1v) is 5.66. The van der Waals surface area contributed by atoms with E-state index in [2.05, 4.69) is 20.8 Å². The molecule has 0 aliphatic heterocycles. The molecule has 1 nitrogen and oxygen atoms in total. The summed E-state index contributed by atoms with van der Waals surface area (Å²) in [6.07, 6.45) is 0. The summed E-state index contributed by atoms with van der Waals surface area (Å²) < 4.78 is 6.16. The van der Waals surface area contributed by atoms with Gasteiger partial charge in [-0.3, -0.25) is 0 Å². The van der Waals surface area contributed by atoms with Crippen LogP contribution in [0.4, 0.5) is 0 Å². The predicted octanol–water partition coefficient (Wildman–Crippen LogP) is 3.88. The van der Waals surface area contributed by atoms with Crippen LogP contribution >= 0.6 is 24.0 Å². The molecule has 14 heavy (non-hydrogen) atoms. The summed E-state index contributed by atoms with van der Waals surface area (Å²) in [5.74, 6) is 0.800. The van der Waals surface area contributed by atoms with Crippen LogP contribution in [0.1, 0.15) is 20.8 Å². The normalized spacial score (nSPS) is 11.1. The molecule has 1 rings (SSSR count). The highest BCUT2D eigenvalue weighted by Crippen LogP contribution is 2.26. The van der Waals surface area contributed by atoms with Crippen molar-refractivity contribution >= 4 is 28.4 Å². The SMILES string of the molecule is CC(C)(C)SC(=S)Oc1ccccc1. The third-order valence-electron chi connectivity index (χ3n) is 1.33. The molecule has 0 fully saturated rings. The fraction of sp³-hybridized carbons (Fsp3) is 0.364. The van der Waals surface area contributed by atoms with Gasteiger partial charge in [-0.15, -0.1) is 0 Å². The third-order valence-corrected chi connectivity index (χ3v) is 2.53. The molecule has 76 valence electrons. The fourth-order valence-electron chi connectivity index (χ4n) is 0.856. The van der Waals surface area contributed by atoms with Gasteiger partial charge in [-0.2, -0.15) is 0 Å². The van der Waals surface area contributed by atoms with Crippen molar-refractivity contribution in [3.63, 3.8) is 0 Å². The molecule has 0 bridgehead atoms. The van der Waals surface area contributed by atoms with Crippen LogP contribution in [0.5, 0.6) is 5.75 Å². The molecule has 0 saturated heterocycles. The van der Waals surface area contributed by atoms with Crippen LogP contribution in [0.3, 0.4) is 0 Å². The Bertz CT molecular complexity index is 301. The van der Waals surface area contributed by atoms with Crippen LogP contribution in [-0.2, 0) is 0 Å². The largest absolute Gasteiger partial charge is 0.440 e. The van der Waals surface area contributed by atoms with Gasteiger partial charge < -0.3 is 4.74 Å². The lowest BCUT2D eigenvalue weighted by Gasteiger charge is -2.17. The maximum Gasteiger partial charge on any atom is 0.226 e. The van der Waals surface area contributed by atoms with Crippen LogP contribution in [0.2, 0.25) is 0 Å². The van der Waals surface area contributed by atoms with Gasteiger partial charge in [0, 0.05) is 4.75 Å². The van der Waals surface area contributed by atoms with Gasteiger partial charge in [0.05, 0.1) is 0 Å². The maximum absolute atomic E-state index is 5.48. The van der Waals surface area contributed by atoms with E-state index in [0.29, 0.717) is 4.38 Å². The Hall–Kier alpha value is -0.540. The van der Waals surface area contributed by atoms with Crippen LogP contribution < -0.4 is 4.74 Å². The number of thiocarbonyl (C=S) groups is 1. The molecular weight excluding hydrogens is 212 g/mol. The predicted molar refractivity (Wildman–Crippen MR) is 67.0 cm³/mol. The highest BCUT2D eigenvalue weighted by Gasteiger charge is 2.15. The van der Waals surface area contributed by atoms with Crippen molar-refractivity contribution in [3.05, 3.63) is 30.3 Å². The summed E-state index contributed by atoms with van der Waals surface area (Å²) in [6.45, 7) is 6.33. The van der Waals surface area contributed by atoms with Gasteiger partial charge in [-0.05, 0) is 24.4 Å². The van der Waals surface area contributed by atoms with E-state index in [-0.39, 0.29) is 4.75 Å². The first kappa shape index (κ1) is 11.5. The van der Waals surface area contributed by atoms with Gasteiger partial charge in [0.2, 0.25) is 4.38 Å². The number of para-hydroxylation sites is 1. The highest BCUT2D eigenvalue weighted by molar-refractivity contribution is 8.23. The highest BCUT2D eigenvalue weighted by atomic mass is 32.2. The molecule has 0 heterocycles. The Balaban J connectivity index is 2.50. The lowest BCUT2D eigenvalue weighted by atomic mass is 10.3.